The number of rotatable bonds is 7. The molecule has 3 rings (SSSR count). The van der Waals surface area contributed by atoms with Gasteiger partial charge in [0.25, 0.3) is 0 Å². The molecule has 0 saturated carbocycles. The van der Waals surface area contributed by atoms with E-state index in [0.717, 1.165) is 42.6 Å². The molecule has 5 nitrogen and oxygen atoms in total. The maximum Gasteiger partial charge on any atom is 0.186 e. The average Bonchev–Trinajstić information content (AvgIpc) is 2.66. The first-order chi connectivity index (χ1) is 12.3. The van der Waals surface area contributed by atoms with Crippen LogP contribution in [0.25, 0.3) is 10.9 Å². The number of hydrogen-bond acceptors (Lipinski definition) is 5. The molecule has 25 heavy (non-hydrogen) atoms. The van der Waals surface area contributed by atoms with Crippen molar-refractivity contribution in [3.63, 3.8) is 0 Å². The largest absolute Gasteiger partial charge is 0.382 e. The van der Waals surface area contributed by atoms with Crippen molar-refractivity contribution in [3.8, 4) is 6.07 Å². The van der Waals surface area contributed by atoms with Crippen LogP contribution >= 0.6 is 0 Å². The van der Waals surface area contributed by atoms with Gasteiger partial charge in [-0.15, -0.1) is 10.2 Å². The van der Waals surface area contributed by atoms with Crippen LogP contribution in [0.5, 0.6) is 0 Å². The number of hydrogen-bond donors (Lipinski definition) is 1. The van der Waals surface area contributed by atoms with E-state index in [1.165, 1.54) is 5.56 Å². The lowest BCUT2D eigenvalue weighted by Gasteiger charge is -2.17. The molecular weight excluding hydrogens is 310 g/mol. The summed E-state index contributed by atoms with van der Waals surface area (Å²) in [6.45, 7) is 2.69. The van der Waals surface area contributed by atoms with E-state index in [4.69, 9.17) is 0 Å². The van der Waals surface area contributed by atoms with Crippen molar-refractivity contribution < 1.29 is 0 Å². The van der Waals surface area contributed by atoms with Gasteiger partial charge in [0, 0.05) is 18.5 Å². The molecule has 126 valence electrons. The highest BCUT2D eigenvalue weighted by molar-refractivity contribution is 5.92. The Morgan fingerprint density at radius 1 is 1.04 bits per heavy atom. The Kier molecular flexibility index (Phi) is 5.55. The molecule has 1 N–H and O–H groups in total. The van der Waals surface area contributed by atoms with Crippen molar-refractivity contribution in [1.82, 2.24) is 15.1 Å². The van der Waals surface area contributed by atoms with E-state index in [9.17, 15) is 5.26 Å². The van der Waals surface area contributed by atoms with Crippen molar-refractivity contribution in [2.75, 3.05) is 25.5 Å². The maximum atomic E-state index is 9.29. The monoisotopic (exact) mass is 331 g/mol. The molecule has 5 heteroatoms. The number of benzene rings is 2. The highest BCUT2D eigenvalue weighted by Gasteiger charge is 2.09. The third kappa shape index (κ3) is 4.31. The molecule has 3 aromatic rings. The van der Waals surface area contributed by atoms with E-state index in [2.05, 4.69) is 57.8 Å². The van der Waals surface area contributed by atoms with Gasteiger partial charge in [-0.25, -0.2) is 0 Å². The second-order valence-corrected chi connectivity index (χ2v) is 6.06. The van der Waals surface area contributed by atoms with Crippen LogP contribution in [-0.2, 0) is 6.54 Å². The molecule has 0 unspecified atom stereocenters. The molecular formula is C20H21N5. The highest BCUT2D eigenvalue weighted by atomic mass is 15.1. The lowest BCUT2D eigenvalue weighted by atomic mass is 10.1. The molecule has 0 spiro atoms. The number of anilines is 1. The van der Waals surface area contributed by atoms with Crippen LogP contribution in [0.4, 0.5) is 5.69 Å². The van der Waals surface area contributed by atoms with E-state index in [1.807, 2.05) is 30.3 Å². The second-order valence-electron chi connectivity index (χ2n) is 6.06. The molecule has 2 aromatic carbocycles. The normalized spacial score (nSPS) is 10.8. The highest BCUT2D eigenvalue weighted by Crippen LogP contribution is 2.23. The average molecular weight is 331 g/mol. The Labute approximate surface area is 147 Å². The van der Waals surface area contributed by atoms with Crippen LogP contribution in [-0.4, -0.2) is 35.2 Å². The first-order valence-electron chi connectivity index (χ1n) is 8.40. The topological polar surface area (TPSA) is 64.8 Å². The third-order valence-electron chi connectivity index (χ3n) is 4.09. The van der Waals surface area contributed by atoms with Gasteiger partial charge >= 0.3 is 0 Å². The Morgan fingerprint density at radius 2 is 1.80 bits per heavy atom. The van der Waals surface area contributed by atoms with E-state index in [1.54, 1.807) is 0 Å². The summed E-state index contributed by atoms with van der Waals surface area (Å²) < 4.78 is 0. The molecule has 1 heterocycles. The fourth-order valence-corrected chi connectivity index (χ4v) is 2.85. The van der Waals surface area contributed by atoms with Crippen molar-refractivity contribution in [2.24, 2.45) is 0 Å². The zero-order valence-electron chi connectivity index (χ0n) is 14.3. The first-order valence-corrected chi connectivity index (χ1v) is 8.40. The van der Waals surface area contributed by atoms with Gasteiger partial charge in [0.1, 0.15) is 6.07 Å². The molecule has 0 saturated heterocycles. The standard InChI is InChI=1S/C20H21N5/c1-25(15-16-8-3-2-4-9-16)13-7-12-22-20-17-10-5-6-11-18(17)23-24-19(20)14-21/h2-6,8-11H,7,12-13,15H2,1H3,(H,22,23). The molecule has 0 radical (unpaired) electrons. The summed E-state index contributed by atoms with van der Waals surface area (Å²) in [6.07, 6.45) is 0.977. The summed E-state index contributed by atoms with van der Waals surface area (Å²) in [5, 5.41) is 21.7. The Balaban J connectivity index is 1.57. The molecule has 0 fully saturated rings. The van der Waals surface area contributed by atoms with Gasteiger partial charge in [-0.1, -0.05) is 48.5 Å². The fourth-order valence-electron chi connectivity index (χ4n) is 2.85. The number of nitrogens with one attached hydrogen (secondary N) is 1. The van der Waals surface area contributed by atoms with Crippen LogP contribution in [0.3, 0.4) is 0 Å². The van der Waals surface area contributed by atoms with E-state index in [-0.39, 0.29) is 0 Å². The maximum absolute atomic E-state index is 9.29. The SMILES string of the molecule is CN(CCCNc1c(C#N)nnc2ccccc12)Cc1ccccc1. The molecule has 0 aliphatic rings. The van der Waals surface area contributed by atoms with Crippen LogP contribution in [0.15, 0.2) is 54.6 Å². The number of nitrogens with zero attached hydrogens (tertiary/aromatic N) is 4. The zero-order chi connectivity index (χ0) is 17.5. The quantitative estimate of drug-likeness (QED) is 0.672. The minimum atomic E-state index is 0.344. The number of aromatic nitrogens is 2. The van der Waals surface area contributed by atoms with Crippen LogP contribution in [0.1, 0.15) is 17.7 Å². The van der Waals surface area contributed by atoms with E-state index in [0.29, 0.717) is 5.69 Å². The van der Waals surface area contributed by atoms with Crippen molar-refractivity contribution >= 4 is 16.6 Å². The Bertz CT molecular complexity index is 870. The summed E-state index contributed by atoms with van der Waals surface area (Å²) in [4.78, 5) is 2.30. The minimum Gasteiger partial charge on any atom is -0.382 e. The lowest BCUT2D eigenvalue weighted by Crippen LogP contribution is -2.21. The molecule has 0 atom stereocenters. The summed E-state index contributed by atoms with van der Waals surface area (Å²) in [6, 6.07) is 20.3. The predicted molar refractivity (Wildman–Crippen MR) is 100 cm³/mol. The molecule has 1 aromatic heterocycles. The molecule has 0 aliphatic heterocycles. The Hall–Kier alpha value is -2.97. The van der Waals surface area contributed by atoms with Gasteiger partial charge in [0.15, 0.2) is 5.69 Å². The minimum absolute atomic E-state index is 0.344. The second kappa shape index (κ2) is 8.22. The van der Waals surface area contributed by atoms with Gasteiger partial charge in [-0.3, -0.25) is 0 Å². The van der Waals surface area contributed by atoms with Gasteiger partial charge in [-0.2, -0.15) is 5.26 Å². The summed E-state index contributed by atoms with van der Waals surface area (Å²) in [5.41, 5.74) is 3.23. The number of fused-ring (bicyclic) bond motifs is 1. The van der Waals surface area contributed by atoms with Crippen molar-refractivity contribution in [3.05, 3.63) is 65.9 Å². The van der Waals surface area contributed by atoms with Gasteiger partial charge in [0.2, 0.25) is 0 Å². The van der Waals surface area contributed by atoms with E-state index < -0.39 is 0 Å². The molecule has 0 bridgehead atoms. The van der Waals surface area contributed by atoms with Crippen molar-refractivity contribution in [1.29, 1.82) is 5.26 Å². The van der Waals surface area contributed by atoms with Crippen LogP contribution < -0.4 is 5.32 Å². The van der Waals surface area contributed by atoms with Gasteiger partial charge in [0.05, 0.1) is 11.2 Å². The third-order valence-corrected chi connectivity index (χ3v) is 4.09. The zero-order valence-corrected chi connectivity index (χ0v) is 14.3. The first kappa shape index (κ1) is 16.9. The summed E-state index contributed by atoms with van der Waals surface area (Å²) in [7, 11) is 2.12. The van der Waals surface area contributed by atoms with E-state index >= 15 is 0 Å². The number of nitriles is 1. The van der Waals surface area contributed by atoms with Crippen LogP contribution in [0.2, 0.25) is 0 Å². The summed E-state index contributed by atoms with van der Waals surface area (Å²) in [5.74, 6) is 0. The fraction of sp³-hybridized carbons (Fsp3) is 0.250. The van der Waals surface area contributed by atoms with Crippen LogP contribution in [0, 0.1) is 11.3 Å². The van der Waals surface area contributed by atoms with Crippen molar-refractivity contribution in [2.45, 2.75) is 13.0 Å². The Morgan fingerprint density at radius 3 is 2.60 bits per heavy atom. The van der Waals surface area contributed by atoms with Gasteiger partial charge in [-0.05, 0) is 31.6 Å². The summed E-state index contributed by atoms with van der Waals surface area (Å²) >= 11 is 0. The smallest absolute Gasteiger partial charge is 0.186 e. The predicted octanol–water partition coefficient (Wildman–Crippen LogP) is 3.44. The molecule has 0 aliphatic carbocycles. The lowest BCUT2D eigenvalue weighted by molar-refractivity contribution is 0.325. The van der Waals surface area contributed by atoms with Gasteiger partial charge < -0.3 is 10.2 Å². The molecule has 0 amide bonds.